The van der Waals surface area contributed by atoms with Gasteiger partial charge in [0.05, 0.1) is 12.1 Å². The molecule has 2 amide bonds. The van der Waals surface area contributed by atoms with Crippen LogP contribution in [0.4, 0.5) is 4.79 Å². The summed E-state index contributed by atoms with van der Waals surface area (Å²) in [7, 11) is 0. The molecule has 2 rings (SSSR count). The summed E-state index contributed by atoms with van der Waals surface area (Å²) in [5.74, 6) is -1.09. The van der Waals surface area contributed by atoms with Crippen molar-refractivity contribution in [2.45, 2.75) is 38.5 Å². The van der Waals surface area contributed by atoms with Gasteiger partial charge in [0.1, 0.15) is 6.04 Å². The molecule has 1 heterocycles. The van der Waals surface area contributed by atoms with Gasteiger partial charge in [-0.05, 0) is 25.0 Å². The number of aliphatic hydroxyl groups is 1. The summed E-state index contributed by atoms with van der Waals surface area (Å²) in [5.41, 5.74) is 2.04. The maximum atomic E-state index is 12.2. The Morgan fingerprint density at radius 2 is 2.05 bits per heavy atom. The third-order valence-electron chi connectivity index (χ3n) is 3.82. The summed E-state index contributed by atoms with van der Waals surface area (Å²) in [6.45, 7) is 3.85. The standard InChI is InChI=1S/C15H20N2O4/c1-9-5-3-4-6-12(9)10(2)16-15(21)17-8-11(18)7-13(17)14(19)20/h3-6,10-11,13,18H,7-8H2,1-2H3,(H,16,21)(H,19,20)/t10?,11-,13-/m1/s1. The molecule has 114 valence electrons. The molecule has 1 aromatic carbocycles. The Hall–Kier alpha value is -2.08. The van der Waals surface area contributed by atoms with Gasteiger partial charge in [0.2, 0.25) is 0 Å². The molecule has 0 aromatic heterocycles. The van der Waals surface area contributed by atoms with Gasteiger partial charge in [-0.2, -0.15) is 0 Å². The van der Waals surface area contributed by atoms with Crippen LogP contribution < -0.4 is 5.32 Å². The first-order chi connectivity index (χ1) is 9.90. The summed E-state index contributed by atoms with van der Waals surface area (Å²) in [4.78, 5) is 24.6. The minimum Gasteiger partial charge on any atom is -0.480 e. The number of amides is 2. The van der Waals surface area contributed by atoms with Gasteiger partial charge in [-0.1, -0.05) is 24.3 Å². The number of hydrogen-bond donors (Lipinski definition) is 3. The molecule has 0 saturated carbocycles. The fraction of sp³-hybridized carbons (Fsp3) is 0.467. The maximum absolute atomic E-state index is 12.2. The fourth-order valence-electron chi connectivity index (χ4n) is 2.69. The molecule has 1 fully saturated rings. The molecule has 0 aliphatic carbocycles. The second-order valence-corrected chi connectivity index (χ2v) is 5.42. The minimum atomic E-state index is -1.09. The summed E-state index contributed by atoms with van der Waals surface area (Å²) in [5, 5.41) is 21.5. The van der Waals surface area contributed by atoms with Gasteiger partial charge in [-0.15, -0.1) is 0 Å². The van der Waals surface area contributed by atoms with Crippen molar-refractivity contribution in [3.8, 4) is 0 Å². The maximum Gasteiger partial charge on any atom is 0.326 e. The average molecular weight is 292 g/mol. The van der Waals surface area contributed by atoms with Crippen molar-refractivity contribution in [3.63, 3.8) is 0 Å². The van der Waals surface area contributed by atoms with E-state index in [1.165, 1.54) is 4.90 Å². The monoisotopic (exact) mass is 292 g/mol. The molecule has 0 bridgehead atoms. The van der Waals surface area contributed by atoms with Gasteiger partial charge >= 0.3 is 12.0 Å². The van der Waals surface area contributed by atoms with E-state index < -0.39 is 24.1 Å². The van der Waals surface area contributed by atoms with Crippen molar-refractivity contribution in [1.82, 2.24) is 10.2 Å². The van der Waals surface area contributed by atoms with E-state index >= 15 is 0 Å². The lowest BCUT2D eigenvalue weighted by atomic mass is 10.0. The minimum absolute atomic E-state index is 0.0449. The predicted octanol–water partition coefficient (Wildman–Crippen LogP) is 1.29. The number of aliphatic hydroxyl groups excluding tert-OH is 1. The summed E-state index contributed by atoms with van der Waals surface area (Å²) in [6, 6.07) is 6.03. The van der Waals surface area contributed by atoms with Crippen LogP contribution in [-0.2, 0) is 4.79 Å². The van der Waals surface area contributed by atoms with E-state index in [0.29, 0.717) is 0 Å². The molecular weight excluding hydrogens is 272 g/mol. The first-order valence-corrected chi connectivity index (χ1v) is 6.93. The zero-order chi connectivity index (χ0) is 15.6. The number of carbonyl (C=O) groups is 2. The fourth-order valence-corrected chi connectivity index (χ4v) is 2.69. The zero-order valence-corrected chi connectivity index (χ0v) is 12.1. The molecule has 1 aliphatic heterocycles. The van der Waals surface area contributed by atoms with Crippen LogP contribution in [-0.4, -0.2) is 45.8 Å². The van der Waals surface area contributed by atoms with Gasteiger partial charge in [0, 0.05) is 13.0 Å². The topological polar surface area (TPSA) is 89.9 Å². The van der Waals surface area contributed by atoms with E-state index in [0.717, 1.165) is 11.1 Å². The second-order valence-electron chi connectivity index (χ2n) is 5.42. The number of aryl methyl sites for hydroxylation is 1. The average Bonchev–Trinajstić information content (AvgIpc) is 2.81. The highest BCUT2D eigenvalue weighted by molar-refractivity contribution is 5.83. The van der Waals surface area contributed by atoms with Crippen LogP contribution in [0.15, 0.2) is 24.3 Å². The number of benzene rings is 1. The number of nitrogens with zero attached hydrogens (tertiary/aromatic N) is 1. The van der Waals surface area contributed by atoms with Crippen LogP contribution in [0, 0.1) is 6.92 Å². The zero-order valence-electron chi connectivity index (χ0n) is 12.1. The Morgan fingerprint density at radius 1 is 1.38 bits per heavy atom. The lowest BCUT2D eigenvalue weighted by Gasteiger charge is -2.25. The van der Waals surface area contributed by atoms with Crippen LogP contribution in [0.5, 0.6) is 0 Å². The van der Waals surface area contributed by atoms with Crippen molar-refractivity contribution in [2.75, 3.05) is 6.54 Å². The number of aliphatic carboxylic acids is 1. The quantitative estimate of drug-likeness (QED) is 0.783. The van der Waals surface area contributed by atoms with Crippen LogP contribution in [0.1, 0.15) is 30.5 Å². The third kappa shape index (κ3) is 3.33. The molecule has 1 saturated heterocycles. The van der Waals surface area contributed by atoms with Crippen molar-refractivity contribution in [2.24, 2.45) is 0 Å². The lowest BCUT2D eigenvalue weighted by Crippen LogP contribution is -2.46. The molecular formula is C15H20N2O4. The van der Waals surface area contributed by atoms with Crippen molar-refractivity contribution in [1.29, 1.82) is 0 Å². The predicted molar refractivity (Wildman–Crippen MR) is 76.9 cm³/mol. The molecule has 3 atom stereocenters. The highest BCUT2D eigenvalue weighted by Gasteiger charge is 2.39. The van der Waals surface area contributed by atoms with E-state index in [9.17, 15) is 14.7 Å². The SMILES string of the molecule is Cc1ccccc1C(C)NC(=O)N1C[C@H](O)C[C@@H]1C(=O)O. The van der Waals surface area contributed by atoms with Gasteiger partial charge in [0.15, 0.2) is 0 Å². The van der Waals surface area contributed by atoms with E-state index in [4.69, 9.17) is 5.11 Å². The molecule has 3 N–H and O–H groups in total. The number of rotatable bonds is 3. The number of carboxylic acid groups (broad SMARTS) is 1. The number of carbonyl (C=O) groups excluding carboxylic acids is 1. The smallest absolute Gasteiger partial charge is 0.326 e. The molecule has 1 unspecified atom stereocenters. The normalized spacial score (nSPS) is 22.9. The highest BCUT2D eigenvalue weighted by Crippen LogP contribution is 2.21. The number of hydrogen-bond acceptors (Lipinski definition) is 3. The molecule has 6 heteroatoms. The first-order valence-electron chi connectivity index (χ1n) is 6.93. The van der Waals surface area contributed by atoms with Crippen LogP contribution >= 0.6 is 0 Å². The van der Waals surface area contributed by atoms with Gasteiger partial charge in [-0.3, -0.25) is 0 Å². The molecule has 0 radical (unpaired) electrons. The van der Waals surface area contributed by atoms with E-state index in [2.05, 4.69) is 5.32 Å². The Bertz CT molecular complexity index is 546. The van der Waals surface area contributed by atoms with Gasteiger partial charge < -0.3 is 20.4 Å². The Labute approximate surface area is 123 Å². The first kappa shape index (κ1) is 15.3. The van der Waals surface area contributed by atoms with Crippen LogP contribution in [0.2, 0.25) is 0 Å². The number of nitrogens with one attached hydrogen (secondary N) is 1. The molecule has 0 spiro atoms. The Morgan fingerprint density at radius 3 is 2.67 bits per heavy atom. The molecule has 1 aliphatic rings. The molecule has 6 nitrogen and oxygen atoms in total. The van der Waals surface area contributed by atoms with E-state index in [1.807, 2.05) is 38.1 Å². The molecule has 21 heavy (non-hydrogen) atoms. The number of urea groups is 1. The summed E-state index contributed by atoms with van der Waals surface area (Å²) >= 11 is 0. The number of likely N-dealkylation sites (tertiary alicyclic amines) is 1. The lowest BCUT2D eigenvalue weighted by molar-refractivity contribution is -0.141. The van der Waals surface area contributed by atoms with Crippen LogP contribution in [0.25, 0.3) is 0 Å². The highest BCUT2D eigenvalue weighted by atomic mass is 16.4. The van der Waals surface area contributed by atoms with Crippen molar-refractivity contribution in [3.05, 3.63) is 35.4 Å². The third-order valence-corrected chi connectivity index (χ3v) is 3.82. The van der Waals surface area contributed by atoms with E-state index in [-0.39, 0.29) is 19.0 Å². The Kier molecular flexibility index (Phi) is 4.47. The van der Waals surface area contributed by atoms with Crippen molar-refractivity contribution >= 4 is 12.0 Å². The number of carboxylic acids is 1. The van der Waals surface area contributed by atoms with E-state index in [1.54, 1.807) is 0 Å². The second kappa shape index (κ2) is 6.13. The largest absolute Gasteiger partial charge is 0.480 e. The summed E-state index contributed by atoms with van der Waals surface area (Å²) < 4.78 is 0. The summed E-state index contributed by atoms with van der Waals surface area (Å²) in [6.07, 6.45) is -0.716. The molecule has 1 aromatic rings. The van der Waals surface area contributed by atoms with Gasteiger partial charge in [0.25, 0.3) is 0 Å². The Balaban J connectivity index is 2.07. The van der Waals surface area contributed by atoms with Crippen molar-refractivity contribution < 1.29 is 19.8 Å². The van der Waals surface area contributed by atoms with Gasteiger partial charge in [-0.25, -0.2) is 9.59 Å². The van der Waals surface area contributed by atoms with Crippen LogP contribution in [0.3, 0.4) is 0 Å². The number of β-amino-alcohol motifs (C(OH)–C–C–N with tert-alkyl or cyclic N) is 1.